The molecule has 3 aromatic carbocycles. The molecule has 4 aromatic rings. The van der Waals surface area contributed by atoms with Gasteiger partial charge in [-0.3, -0.25) is 14.3 Å². The molecule has 0 bridgehead atoms. The Kier molecular flexibility index (Phi) is 7.83. The summed E-state index contributed by atoms with van der Waals surface area (Å²) in [7, 11) is 1.62. The fraction of sp³-hybridized carbons (Fsp3) is 0.207. The van der Waals surface area contributed by atoms with Crippen LogP contribution in [-0.4, -0.2) is 28.5 Å². The van der Waals surface area contributed by atoms with Crippen molar-refractivity contribution in [2.75, 3.05) is 7.05 Å². The number of hydrogen-bond acceptors (Lipinski definition) is 4. The second-order valence-corrected chi connectivity index (χ2v) is 9.53. The number of amides is 1. The maximum absolute atomic E-state index is 13.0. The predicted octanol–water partition coefficient (Wildman–Crippen LogP) is 5.63. The first-order chi connectivity index (χ1) is 16.9. The molecule has 6 heteroatoms. The first-order valence-corrected chi connectivity index (χ1v) is 12.6. The van der Waals surface area contributed by atoms with Gasteiger partial charge in [0.25, 0.3) is 5.91 Å². The Morgan fingerprint density at radius 1 is 0.886 bits per heavy atom. The van der Waals surface area contributed by atoms with Crippen molar-refractivity contribution in [1.29, 1.82) is 0 Å². The first-order valence-electron chi connectivity index (χ1n) is 11.6. The quantitative estimate of drug-likeness (QED) is 0.248. The van der Waals surface area contributed by atoms with Gasteiger partial charge in [0.15, 0.2) is 5.78 Å². The Morgan fingerprint density at radius 2 is 1.63 bits per heavy atom. The van der Waals surface area contributed by atoms with E-state index in [2.05, 4.69) is 22.5 Å². The zero-order valence-electron chi connectivity index (χ0n) is 20.2. The second-order valence-electron chi connectivity index (χ2n) is 8.49. The van der Waals surface area contributed by atoms with Crippen LogP contribution in [0.2, 0.25) is 0 Å². The van der Waals surface area contributed by atoms with Crippen LogP contribution in [0.5, 0.6) is 0 Å². The number of aromatic nitrogens is 2. The van der Waals surface area contributed by atoms with Crippen molar-refractivity contribution in [3.05, 3.63) is 118 Å². The van der Waals surface area contributed by atoms with Gasteiger partial charge < -0.3 is 5.32 Å². The summed E-state index contributed by atoms with van der Waals surface area (Å²) in [5, 5.41) is 7.33. The van der Waals surface area contributed by atoms with Crippen molar-refractivity contribution >= 4 is 23.5 Å². The van der Waals surface area contributed by atoms with Crippen molar-refractivity contribution in [2.45, 2.75) is 37.5 Å². The van der Waals surface area contributed by atoms with E-state index in [1.165, 1.54) is 10.5 Å². The Morgan fingerprint density at radius 3 is 2.34 bits per heavy atom. The van der Waals surface area contributed by atoms with Crippen LogP contribution in [0.4, 0.5) is 0 Å². The number of Topliss-reactive ketones (excluding diaryl/α,β-unsaturated/α-hetero) is 1. The number of hydrogen-bond donors (Lipinski definition) is 1. The van der Waals surface area contributed by atoms with Crippen LogP contribution >= 0.6 is 11.8 Å². The van der Waals surface area contributed by atoms with Crippen molar-refractivity contribution in [3.63, 3.8) is 0 Å². The molecular weight excluding hydrogens is 454 g/mol. The molecule has 1 heterocycles. The number of aryl methyl sites for hydroxylation is 1. The van der Waals surface area contributed by atoms with Gasteiger partial charge >= 0.3 is 0 Å². The van der Waals surface area contributed by atoms with E-state index in [9.17, 15) is 9.59 Å². The molecule has 0 saturated carbocycles. The summed E-state index contributed by atoms with van der Waals surface area (Å²) < 4.78 is 1.91. The van der Waals surface area contributed by atoms with E-state index < -0.39 is 0 Å². The van der Waals surface area contributed by atoms with Crippen LogP contribution < -0.4 is 5.32 Å². The predicted molar refractivity (Wildman–Crippen MR) is 141 cm³/mol. The molecule has 0 unspecified atom stereocenters. The molecule has 0 aliphatic heterocycles. The van der Waals surface area contributed by atoms with Gasteiger partial charge in [0.05, 0.1) is 12.2 Å². The Balaban J connectivity index is 1.42. The van der Waals surface area contributed by atoms with Crippen molar-refractivity contribution in [2.24, 2.45) is 0 Å². The number of thioether (sulfide) groups is 1. The van der Waals surface area contributed by atoms with Gasteiger partial charge in [-0.05, 0) is 49.2 Å². The zero-order valence-corrected chi connectivity index (χ0v) is 21.1. The molecule has 0 aliphatic carbocycles. The van der Waals surface area contributed by atoms with Crippen LogP contribution in [0.3, 0.4) is 0 Å². The van der Waals surface area contributed by atoms with Gasteiger partial charge in [0.1, 0.15) is 0 Å². The molecule has 0 fully saturated rings. The lowest BCUT2D eigenvalue weighted by Gasteiger charge is -2.08. The molecule has 0 aliphatic rings. The fourth-order valence-corrected chi connectivity index (χ4v) is 4.88. The molecule has 1 N–H and O–H groups in total. The number of rotatable bonds is 9. The summed E-state index contributed by atoms with van der Waals surface area (Å²) in [5.41, 5.74) is 6.29. The van der Waals surface area contributed by atoms with Gasteiger partial charge in [-0.2, -0.15) is 5.10 Å². The summed E-state index contributed by atoms with van der Waals surface area (Å²) in [4.78, 5) is 26.2. The molecule has 0 spiro atoms. The summed E-state index contributed by atoms with van der Waals surface area (Å²) in [6.45, 7) is 4.48. The van der Waals surface area contributed by atoms with Gasteiger partial charge in [0, 0.05) is 46.5 Å². The molecule has 1 aromatic heterocycles. The van der Waals surface area contributed by atoms with Crippen molar-refractivity contribution in [3.8, 4) is 0 Å². The monoisotopic (exact) mass is 483 g/mol. The van der Waals surface area contributed by atoms with Crippen molar-refractivity contribution < 1.29 is 9.59 Å². The third kappa shape index (κ3) is 6.08. The van der Waals surface area contributed by atoms with Crippen molar-refractivity contribution in [1.82, 2.24) is 15.1 Å². The average Bonchev–Trinajstić information content (AvgIpc) is 3.15. The molecule has 0 saturated heterocycles. The lowest BCUT2D eigenvalue weighted by molar-refractivity contribution is 0.0961. The SMILES string of the molecule is CNC(=O)c1cccc(Cn2nc(C)c(CC(=O)c3ccc(CSc4ccccc4)cc3)c2C)c1. The molecule has 0 atom stereocenters. The molecule has 178 valence electrons. The maximum Gasteiger partial charge on any atom is 0.251 e. The normalized spacial score (nSPS) is 10.8. The highest BCUT2D eigenvalue weighted by Crippen LogP contribution is 2.23. The third-order valence-corrected chi connectivity index (χ3v) is 7.13. The largest absolute Gasteiger partial charge is 0.355 e. The number of nitrogens with zero attached hydrogens (tertiary/aromatic N) is 2. The van der Waals surface area contributed by atoms with Gasteiger partial charge in [-0.15, -0.1) is 11.8 Å². The molecule has 4 rings (SSSR count). The Bertz CT molecular complexity index is 1330. The number of carbonyl (C=O) groups is 2. The van der Waals surface area contributed by atoms with Crippen LogP contribution in [0, 0.1) is 13.8 Å². The smallest absolute Gasteiger partial charge is 0.251 e. The summed E-state index contributed by atoms with van der Waals surface area (Å²) in [5.74, 6) is 0.834. The number of nitrogens with one attached hydrogen (secondary N) is 1. The highest BCUT2D eigenvalue weighted by atomic mass is 32.2. The fourth-order valence-electron chi connectivity index (χ4n) is 4.00. The summed E-state index contributed by atoms with van der Waals surface area (Å²) >= 11 is 1.78. The Labute approximate surface area is 210 Å². The molecular formula is C29H29N3O2S. The highest BCUT2D eigenvalue weighted by molar-refractivity contribution is 7.98. The third-order valence-electron chi connectivity index (χ3n) is 6.04. The number of carbonyl (C=O) groups excluding carboxylic acids is 2. The van der Waals surface area contributed by atoms with E-state index in [0.29, 0.717) is 24.1 Å². The first kappa shape index (κ1) is 24.5. The number of ketones is 1. The Hall–Kier alpha value is -3.64. The molecule has 35 heavy (non-hydrogen) atoms. The molecule has 5 nitrogen and oxygen atoms in total. The van der Waals surface area contributed by atoms with E-state index in [0.717, 1.165) is 28.3 Å². The number of benzene rings is 3. The van der Waals surface area contributed by atoms with Crippen LogP contribution in [-0.2, 0) is 18.7 Å². The van der Waals surface area contributed by atoms with Gasteiger partial charge in [-0.25, -0.2) is 0 Å². The van der Waals surface area contributed by atoms with Gasteiger partial charge in [-0.1, -0.05) is 54.6 Å². The highest BCUT2D eigenvalue weighted by Gasteiger charge is 2.17. The average molecular weight is 484 g/mol. The van der Waals surface area contributed by atoms with E-state index in [1.54, 1.807) is 24.9 Å². The van der Waals surface area contributed by atoms with E-state index in [4.69, 9.17) is 0 Å². The summed E-state index contributed by atoms with van der Waals surface area (Å²) in [6.07, 6.45) is 0.314. The lowest BCUT2D eigenvalue weighted by Crippen LogP contribution is -2.18. The minimum atomic E-state index is -0.115. The van der Waals surface area contributed by atoms with E-state index in [1.807, 2.05) is 79.2 Å². The topological polar surface area (TPSA) is 64.0 Å². The van der Waals surface area contributed by atoms with Crippen LogP contribution in [0.25, 0.3) is 0 Å². The standard InChI is InChI=1S/C29H29N3O2S/c1-20-27(21(2)32(31-20)18-23-8-7-9-25(16-23)29(34)30-3)17-28(33)24-14-12-22(13-15-24)19-35-26-10-5-4-6-11-26/h4-16H,17-19H2,1-3H3,(H,30,34). The lowest BCUT2D eigenvalue weighted by atomic mass is 10.0. The van der Waals surface area contributed by atoms with Gasteiger partial charge in [0.2, 0.25) is 0 Å². The maximum atomic E-state index is 13.0. The zero-order chi connectivity index (χ0) is 24.8. The van der Waals surface area contributed by atoms with E-state index >= 15 is 0 Å². The minimum Gasteiger partial charge on any atom is -0.355 e. The van der Waals surface area contributed by atoms with Crippen LogP contribution in [0.15, 0.2) is 83.8 Å². The molecule has 0 radical (unpaired) electrons. The van der Waals surface area contributed by atoms with Crippen LogP contribution in [0.1, 0.15) is 48.8 Å². The molecule has 1 amide bonds. The van der Waals surface area contributed by atoms with E-state index in [-0.39, 0.29) is 11.7 Å². The second kappa shape index (κ2) is 11.2. The minimum absolute atomic E-state index is 0.0830. The summed E-state index contributed by atoms with van der Waals surface area (Å²) in [6, 6.07) is 25.7.